The van der Waals surface area contributed by atoms with Crippen molar-refractivity contribution in [3.63, 3.8) is 0 Å². The van der Waals surface area contributed by atoms with Crippen molar-refractivity contribution in [3.8, 4) is 0 Å². The Morgan fingerprint density at radius 3 is 2.23 bits per heavy atom. The van der Waals surface area contributed by atoms with Gasteiger partial charge in [0.05, 0.1) is 17.0 Å². The molecule has 0 aliphatic carbocycles. The molecule has 1 aliphatic rings. The molecule has 0 radical (unpaired) electrons. The number of likely N-dealkylation sites (tertiary alicyclic amines) is 1. The lowest BCUT2D eigenvalue weighted by atomic mass is 9.95. The average molecular weight is 558 g/mol. The monoisotopic (exact) mass is 557 g/mol. The molecular weight excluding hydrogens is 510 g/mol. The molecule has 10 heteroatoms. The van der Waals surface area contributed by atoms with Crippen LogP contribution in [0.4, 0.5) is 5.69 Å². The fourth-order valence-corrected chi connectivity index (χ4v) is 5.12. The van der Waals surface area contributed by atoms with E-state index in [-0.39, 0.29) is 59.9 Å². The molecule has 0 saturated carbocycles. The van der Waals surface area contributed by atoms with E-state index < -0.39 is 11.0 Å². The quantitative estimate of drug-likeness (QED) is 0.227. The van der Waals surface area contributed by atoms with Crippen molar-refractivity contribution in [2.75, 3.05) is 13.6 Å². The van der Waals surface area contributed by atoms with Crippen LogP contribution in [0.5, 0.6) is 0 Å². The zero-order valence-electron chi connectivity index (χ0n) is 25.3. The molecule has 3 amide bonds. The number of rotatable bonds is 12. The van der Waals surface area contributed by atoms with Gasteiger partial charge in [-0.2, -0.15) is 0 Å². The number of nitrogens with zero attached hydrogens (tertiary/aromatic N) is 3. The first-order chi connectivity index (χ1) is 18.7. The van der Waals surface area contributed by atoms with E-state index in [0.29, 0.717) is 5.57 Å². The molecule has 10 nitrogen and oxygen atoms in total. The molecular formula is C30H47N5O5. The summed E-state index contributed by atoms with van der Waals surface area (Å²) in [4.78, 5) is 54.1. The molecule has 0 bridgehead atoms. The van der Waals surface area contributed by atoms with Crippen molar-refractivity contribution >= 4 is 23.4 Å². The Labute approximate surface area is 238 Å². The molecule has 222 valence electrons. The molecule has 0 aromatic heterocycles. The minimum atomic E-state index is -0.681. The predicted molar refractivity (Wildman–Crippen MR) is 156 cm³/mol. The second kappa shape index (κ2) is 14.9. The normalized spacial score (nSPS) is 18.0. The summed E-state index contributed by atoms with van der Waals surface area (Å²) in [5, 5.41) is 16.7. The Bertz CT molecular complexity index is 1070. The van der Waals surface area contributed by atoms with Crippen LogP contribution in [0.25, 0.3) is 0 Å². The number of amides is 3. The fraction of sp³-hybridized carbons (Fsp3) is 0.633. The first-order valence-electron chi connectivity index (χ1n) is 14.3. The number of piperidine rings is 1. The highest BCUT2D eigenvalue weighted by atomic mass is 16.6. The molecule has 2 N–H and O–H groups in total. The number of likely N-dealkylation sites (N-methyl/N-ethyl adjacent to an activating group) is 1. The predicted octanol–water partition coefficient (Wildman–Crippen LogP) is 4.04. The van der Waals surface area contributed by atoms with Gasteiger partial charge in [-0.3, -0.25) is 29.4 Å². The maximum absolute atomic E-state index is 13.7. The number of non-ortho nitro benzene ring substituents is 1. The van der Waals surface area contributed by atoms with Crippen LogP contribution >= 0.6 is 0 Å². The van der Waals surface area contributed by atoms with Crippen molar-refractivity contribution < 1.29 is 19.3 Å². The molecule has 40 heavy (non-hydrogen) atoms. The topological polar surface area (TPSA) is 125 Å². The number of carbonyl (C=O) groups is 3. The number of nitro benzene ring substituents is 1. The number of hydrogen-bond acceptors (Lipinski definition) is 6. The Morgan fingerprint density at radius 1 is 1.07 bits per heavy atom. The minimum absolute atomic E-state index is 0.00878. The largest absolute Gasteiger partial charge is 0.348 e. The van der Waals surface area contributed by atoms with E-state index in [0.717, 1.165) is 31.4 Å². The lowest BCUT2D eigenvalue weighted by molar-refractivity contribution is -0.384. The second-order valence-electron chi connectivity index (χ2n) is 11.7. The van der Waals surface area contributed by atoms with Gasteiger partial charge in [0.1, 0.15) is 6.04 Å². The van der Waals surface area contributed by atoms with Gasteiger partial charge in [-0.15, -0.1) is 0 Å². The summed E-state index contributed by atoms with van der Waals surface area (Å²) in [6.07, 6.45) is 4.63. The van der Waals surface area contributed by atoms with Crippen LogP contribution in [0, 0.1) is 22.0 Å². The molecule has 1 heterocycles. The Hall–Kier alpha value is -3.27. The maximum atomic E-state index is 13.7. The highest BCUT2D eigenvalue weighted by Gasteiger charge is 2.36. The SMILES string of the molecule is CC(=C[C@H](C(C)C)N(C)C(=O)[C@@H](NC(=O)[C@H]1CCCCN1C(C)C)C(C)C)C(=O)NCc1ccc([N+](=O)[O-])cc1. The van der Waals surface area contributed by atoms with Gasteiger partial charge in [0.2, 0.25) is 17.7 Å². The van der Waals surface area contributed by atoms with Crippen LogP contribution in [0.3, 0.4) is 0 Å². The molecule has 2 rings (SSSR count). The zero-order chi connectivity index (χ0) is 30.1. The second-order valence-corrected chi connectivity index (χ2v) is 11.7. The van der Waals surface area contributed by atoms with E-state index in [1.807, 2.05) is 27.7 Å². The third-order valence-electron chi connectivity index (χ3n) is 7.60. The third kappa shape index (κ3) is 8.87. The molecule has 3 atom stereocenters. The van der Waals surface area contributed by atoms with E-state index in [4.69, 9.17) is 0 Å². The van der Waals surface area contributed by atoms with Crippen LogP contribution in [0.1, 0.15) is 73.3 Å². The third-order valence-corrected chi connectivity index (χ3v) is 7.60. The Kier molecular flexibility index (Phi) is 12.3. The molecule has 1 aromatic rings. The zero-order valence-corrected chi connectivity index (χ0v) is 25.3. The lowest BCUT2D eigenvalue weighted by Crippen LogP contribution is -2.58. The lowest BCUT2D eigenvalue weighted by Gasteiger charge is -2.39. The van der Waals surface area contributed by atoms with Crippen LogP contribution in [0.2, 0.25) is 0 Å². The highest BCUT2D eigenvalue weighted by Crippen LogP contribution is 2.21. The van der Waals surface area contributed by atoms with Crippen molar-refractivity contribution in [2.24, 2.45) is 11.8 Å². The van der Waals surface area contributed by atoms with E-state index in [1.54, 1.807) is 37.1 Å². The number of nitrogens with one attached hydrogen (secondary N) is 2. The van der Waals surface area contributed by atoms with Crippen molar-refractivity contribution in [1.82, 2.24) is 20.4 Å². The van der Waals surface area contributed by atoms with Gasteiger partial charge >= 0.3 is 0 Å². The van der Waals surface area contributed by atoms with Crippen molar-refractivity contribution in [1.29, 1.82) is 0 Å². The highest BCUT2D eigenvalue weighted by molar-refractivity contribution is 5.93. The fourth-order valence-electron chi connectivity index (χ4n) is 5.12. The Morgan fingerprint density at radius 2 is 1.70 bits per heavy atom. The molecule has 1 fully saturated rings. The van der Waals surface area contributed by atoms with Crippen molar-refractivity contribution in [2.45, 2.75) is 98.4 Å². The molecule has 1 aromatic carbocycles. The van der Waals surface area contributed by atoms with Gasteiger partial charge < -0.3 is 15.5 Å². The summed E-state index contributed by atoms with van der Waals surface area (Å²) in [7, 11) is 1.72. The summed E-state index contributed by atoms with van der Waals surface area (Å²) in [6.45, 7) is 14.8. The first kappa shape index (κ1) is 32.9. The van der Waals surface area contributed by atoms with Crippen LogP contribution in [0.15, 0.2) is 35.9 Å². The van der Waals surface area contributed by atoms with Crippen LogP contribution < -0.4 is 10.6 Å². The standard InChI is InChI=1S/C30H47N5O5/c1-19(2)26(17-22(7)28(36)31-18-23-12-14-24(15-13-23)35(39)40)33(8)30(38)27(20(3)4)32-29(37)25-11-9-10-16-34(25)21(5)6/h12-15,17,19-21,25-27H,9-11,16,18H2,1-8H3,(H,31,36)(H,32,37)/t25-,26-,27+/m1/s1. The van der Waals surface area contributed by atoms with Gasteiger partial charge in [-0.1, -0.05) is 52.3 Å². The van der Waals surface area contributed by atoms with E-state index in [1.165, 1.54) is 12.1 Å². The summed E-state index contributed by atoms with van der Waals surface area (Å²) in [6, 6.07) is 4.98. The van der Waals surface area contributed by atoms with E-state index >= 15 is 0 Å². The summed E-state index contributed by atoms with van der Waals surface area (Å²) in [5.41, 5.74) is 1.19. The smallest absolute Gasteiger partial charge is 0.269 e. The van der Waals surface area contributed by atoms with Gasteiger partial charge in [0.25, 0.3) is 5.69 Å². The van der Waals surface area contributed by atoms with Gasteiger partial charge in [0, 0.05) is 37.3 Å². The van der Waals surface area contributed by atoms with Gasteiger partial charge in [-0.25, -0.2) is 0 Å². The van der Waals surface area contributed by atoms with E-state index in [2.05, 4.69) is 29.4 Å². The molecule has 1 saturated heterocycles. The molecule has 0 unspecified atom stereocenters. The van der Waals surface area contributed by atoms with Gasteiger partial charge in [0.15, 0.2) is 0 Å². The summed E-state index contributed by atoms with van der Waals surface area (Å²) in [5.74, 6) is -0.677. The number of carbonyl (C=O) groups excluding carboxylic acids is 3. The summed E-state index contributed by atoms with van der Waals surface area (Å²) < 4.78 is 0. The summed E-state index contributed by atoms with van der Waals surface area (Å²) >= 11 is 0. The molecule has 0 spiro atoms. The number of benzene rings is 1. The Balaban J connectivity index is 2.12. The number of hydrogen-bond donors (Lipinski definition) is 2. The average Bonchev–Trinajstić information content (AvgIpc) is 2.91. The van der Waals surface area contributed by atoms with Crippen molar-refractivity contribution in [3.05, 3.63) is 51.6 Å². The molecule has 1 aliphatic heterocycles. The first-order valence-corrected chi connectivity index (χ1v) is 14.3. The van der Waals surface area contributed by atoms with Gasteiger partial charge in [-0.05, 0) is 57.6 Å². The van der Waals surface area contributed by atoms with Crippen LogP contribution in [-0.4, -0.2) is 70.2 Å². The van der Waals surface area contributed by atoms with E-state index in [9.17, 15) is 24.5 Å². The number of nitro groups is 1. The maximum Gasteiger partial charge on any atom is 0.269 e. The minimum Gasteiger partial charge on any atom is -0.348 e. The van der Waals surface area contributed by atoms with Crippen LogP contribution in [-0.2, 0) is 20.9 Å².